The number of hydrogen-bond donors (Lipinski definition) is 1. The Balaban J connectivity index is 1.98. The van der Waals surface area contributed by atoms with Gasteiger partial charge in [-0.2, -0.15) is 0 Å². The van der Waals surface area contributed by atoms with E-state index in [0.29, 0.717) is 24.8 Å². The van der Waals surface area contributed by atoms with Gasteiger partial charge in [0.1, 0.15) is 6.04 Å². The Hall–Kier alpha value is -2.27. The summed E-state index contributed by atoms with van der Waals surface area (Å²) in [6, 6.07) is 17.9. The largest absolute Gasteiger partial charge is 0.354 e. The molecule has 0 saturated heterocycles. The van der Waals surface area contributed by atoms with Crippen LogP contribution in [0.3, 0.4) is 0 Å². The molecule has 1 unspecified atom stereocenters. The molecule has 0 spiro atoms. The molecule has 0 saturated carbocycles. The van der Waals surface area contributed by atoms with Crippen molar-refractivity contribution in [1.82, 2.24) is 10.2 Å². The molecule has 30 heavy (non-hydrogen) atoms. The van der Waals surface area contributed by atoms with Gasteiger partial charge in [0.05, 0.1) is 5.75 Å². The highest BCUT2D eigenvalue weighted by Crippen LogP contribution is 2.15. The van der Waals surface area contributed by atoms with Crippen molar-refractivity contribution in [2.45, 2.75) is 45.9 Å². The van der Waals surface area contributed by atoms with Crippen molar-refractivity contribution in [2.24, 2.45) is 5.92 Å². The lowest BCUT2D eigenvalue weighted by molar-refractivity contribution is -0.138. The summed E-state index contributed by atoms with van der Waals surface area (Å²) in [6.45, 7) is 9.17. The highest BCUT2D eigenvalue weighted by Gasteiger charge is 2.25. The lowest BCUT2D eigenvalue weighted by Gasteiger charge is -2.29. The third-order valence-electron chi connectivity index (χ3n) is 4.91. The van der Waals surface area contributed by atoms with E-state index in [1.54, 1.807) is 16.7 Å². The molecule has 162 valence electrons. The molecular formula is C25H34N2O2S. The normalized spacial score (nSPS) is 11.9. The first-order valence-corrected chi connectivity index (χ1v) is 11.8. The highest BCUT2D eigenvalue weighted by molar-refractivity contribution is 7.99. The van der Waals surface area contributed by atoms with Crippen LogP contribution in [-0.2, 0) is 21.8 Å². The SMILES string of the molecule is Cc1cccc(CSCC(=O)N(CCc2ccccc2)C(C)C(=O)NCC(C)C)c1. The van der Waals surface area contributed by atoms with Crippen LogP contribution < -0.4 is 5.32 Å². The Morgan fingerprint density at radius 3 is 2.37 bits per heavy atom. The third kappa shape index (κ3) is 8.23. The second kappa shape index (κ2) is 12.4. The minimum Gasteiger partial charge on any atom is -0.354 e. The van der Waals surface area contributed by atoms with Gasteiger partial charge in [-0.25, -0.2) is 0 Å². The van der Waals surface area contributed by atoms with Crippen molar-refractivity contribution in [3.63, 3.8) is 0 Å². The van der Waals surface area contributed by atoms with E-state index in [2.05, 4.69) is 56.4 Å². The molecule has 2 aromatic rings. The van der Waals surface area contributed by atoms with Gasteiger partial charge in [0, 0.05) is 18.8 Å². The number of thioether (sulfide) groups is 1. The molecule has 0 aromatic heterocycles. The molecule has 0 bridgehead atoms. The summed E-state index contributed by atoms with van der Waals surface area (Å²) >= 11 is 1.60. The van der Waals surface area contributed by atoms with Crippen molar-refractivity contribution in [3.05, 3.63) is 71.3 Å². The molecule has 0 heterocycles. The number of amides is 2. The van der Waals surface area contributed by atoms with Crippen molar-refractivity contribution in [2.75, 3.05) is 18.8 Å². The molecule has 0 aliphatic heterocycles. The van der Waals surface area contributed by atoms with Gasteiger partial charge < -0.3 is 10.2 Å². The van der Waals surface area contributed by atoms with Crippen LogP contribution in [0, 0.1) is 12.8 Å². The van der Waals surface area contributed by atoms with E-state index in [9.17, 15) is 9.59 Å². The van der Waals surface area contributed by atoms with Gasteiger partial charge in [-0.05, 0) is 37.3 Å². The lowest BCUT2D eigenvalue weighted by Crippen LogP contribution is -2.50. The zero-order valence-corrected chi connectivity index (χ0v) is 19.4. The number of hydrogen-bond acceptors (Lipinski definition) is 3. The number of nitrogens with zero attached hydrogens (tertiary/aromatic N) is 1. The van der Waals surface area contributed by atoms with Crippen LogP contribution in [0.2, 0.25) is 0 Å². The zero-order chi connectivity index (χ0) is 21.9. The van der Waals surface area contributed by atoms with Crippen LogP contribution in [0.5, 0.6) is 0 Å². The molecule has 2 aromatic carbocycles. The standard InChI is InChI=1S/C25H34N2O2S/c1-19(2)16-26-25(29)21(4)27(14-13-22-10-6-5-7-11-22)24(28)18-30-17-23-12-8-9-20(3)15-23/h5-12,15,19,21H,13-14,16-18H2,1-4H3,(H,26,29). The summed E-state index contributed by atoms with van der Waals surface area (Å²) in [4.78, 5) is 27.4. The first-order chi connectivity index (χ1) is 14.4. The van der Waals surface area contributed by atoms with Gasteiger partial charge in [-0.1, -0.05) is 74.0 Å². The highest BCUT2D eigenvalue weighted by atomic mass is 32.2. The van der Waals surface area contributed by atoms with Crippen LogP contribution in [0.25, 0.3) is 0 Å². The number of carbonyl (C=O) groups is 2. The van der Waals surface area contributed by atoms with Crippen molar-refractivity contribution in [1.29, 1.82) is 0 Å². The maximum atomic E-state index is 13.0. The van der Waals surface area contributed by atoms with Gasteiger partial charge >= 0.3 is 0 Å². The van der Waals surface area contributed by atoms with E-state index in [4.69, 9.17) is 0 Å². The quantitative estimate of drug-likeness (QED) is 0.577. The maximum Gasteiger partial charge on any atom is 0.242 e. The van der Waals surface area contributed by atoms with Gasteiger partial charge in [-0.3, -0.25) is 9.59 Å². The first-order valence-electron chi connectivity index (χ1n) is 10.6. The molecule has 0 aliphatic rings. The molecule has 0 fully saturated rings. The van der Waals surface area contributed by atoms with Gasteiger partial charge in [0.2, 0.25) is 11.8 Å². The van der Waals surface area contributed by atoms with Crippen LogP contribution in [0.15, 0.2) is 54.6 Å². The summed E-state index contributed by atoms with van der Waals surface area (Å²) < 4.78 is 0. The zero-order valence-electron chi connectivity index (χ0n) is 18.6. The monoisotopic (exact) mass is 426 g/mol. The summed E-state index contributed by atoms with van der Waals surface area (Å²) in [7, 11) is 0. The first kappa shape index (κ1) is 24.0. The number of nitrogens with one attached hydrogen (secondary N) is 1. The molecule has 1 N–H and O–H groups in total. The van der Waals surface area contributed by atoms with Crippen molar-refractivity contribution in [3.8, 4) is 0 Å². The van der Waals surface area contributed by atoms with Crippen LogP contribution in [-0.4, -0.2) is 41.6 Å². The van der Waals surface area contributed by atoms with Crippen LogP contribution in [0.4, 0.5) is 0 Å². The molecule has 2 amide bonds. The fraction of sp³-hybridized carbons (Fsp3) is 0.440. The van der Waals surface area contributed by atoms with E-state index in [1.165, 1.54) is 11.1 Å². The minimum atomic E-state index is -0.487. The summed E-state index contributed by atoms with van der Waals surface area (Å²) in [5.74, 6) is 1.45. The predicted octanol–water partition coefficient (Wildman–Crippen LogP) is 4.46. The predicted molar refractivity (Wildman–Crippen MR) is 127 cm³/mol. The molecule has 0 aliphatic carbocycles. The Morgan fingerprint density at radius 2 is 1.70 bits per heavy atom. The Labute approximate surface area is 185 Å². The Bertz CT molecular complexity index is 808. The lowest BCUT2D eigenvalue weighted by atomic mass is 10.1. The molecule has 4 nitrogen and oxygen atoms in total. The molecule has 0 radical (unpaired) electrons. The average molecular weight is 427 g/mol. The Kier molecular flexibility index (Phi) is 9.95. The van der Waals surface area contributed by atoms with E-state index < -0.39 is 6.04 Å². The Morgan fingerprint density at radius 1 is 1.00 bits per heavy atom. The number of aryl methyl sites for hydroxylation is 1. The molecule has 5 heteroatoms. The number of benzene rings is 2. The third-order valence-corrected chi connectivity index (χ3v) is 5.90. The number of carbonyl (C=O) groups excluding carboxylic acids is 2. The smallest absolute Gasteiger partial charge is 0.242 e. The fourth-order valence-electron chi connectivity index (χ4n) is 3.16. The van der Waals surface area contributed by atoms with Gasteiger partial charge in [-0.15, -0.1) is 11.8 Å². The second-order valence-electron chi connectivity index (χ2n) is 8.12. The maximum absolute atomic E-state index is 13.0. The topological polar surface area (TPSA) is 49.4 Å². The van der Waals surface area contributed by atoms with Crippen LogP contribution >= 0.6 is 11.8 Å². The fourth-order valence-corrected chi connectivity index (χ4v) is 4.02. The second-order valence-corrected chi connectivity index (χ2v) is 9.11. The van der Waals surface area contributed by atoms with Crippen molar-refractivity contribution < 1.29 is 9.59 Å². The van der Waals surface area contributed by atoms with E-state index in [0.717, 1.165) is 17.7 Å². The molecule has 1 atom stereocenters. The van der Waals surface area contributed by atoms with Crippen LogP contribution in [0.1, 0.15) is 37.5 Å². The summed E-state index contributed by atoms with van der Waals surface area (Å²) in [5, 5.41) is 2.96. The minimum absolute atomic E-state index is 0.00998. The summed E-state index contributed by atoms with van der Waals surface area (Å²) in [6.07, 6.45) is 0.733. The van der Waals surface area contributed by atoms with E-state index >= 15 is 0 Å². The van der Waals surface area contributed by atoms with E-state index in [-0.39, 0.29) is 11.8 Å². The number of rotatable bonds is 11. The van der Waals surface area contributed by atoms with Gasteiger partial charge in [0.25, 0.3) is 0 Å². The molecular weight excluding hydrogens is 392 g/mol. The summed E-state index contributed by atoms with van der Waals surface area (Å²) in [5.41, 5.74) is 3.60. The molecule has 2 rings (SSSR count). The van der Waals surface area contributed by atoms with Gasteiger partial charge in [0.15, 0.2) is 0 Å². The van der Waals surface area contributed by atoms with Crippen molar-refractivity contribution >= 4 is 23.6 Å². The average Bonchev–Trinajstić information content (AvgIpc) is 2.72. The van der Waals surface area contributed by atoms with E-state index in [1.807, 2.05) is 31.2 Å².